The second kappa shape index (κ2) is 7.39. The van der Waals surface area contributed by atoms with E-state index >= 15 is 0 Å². The van der Waals surface area contributed by atoms with E-state index in [-0.39, 0.29) is 18.5 Å². The van der Waals surface area contributed by atoms with Crippen LogP contribution < -0.4 is 5.32 Å². The normalized spacial score (nSPS) is 11.9. The van der Waals surface area contributed by atoms with Crippen molar-refractivity contribution in [1.82, 2.24) is 10.2 Å². The van der Waals surface area contributed by atoms with Crippen molar-refractivity contribution in [2.75, 3.05) is 25.6 Å². The van der Waals surface area contributed by atoms with Gasteiger partial charge in [0.2, 0.25) is 0 Å². The molecule has 2 amide bonds. The maximum absolute atomic E-state index is 11.5. The topological polar surface area (TPSA) is 69.6 Å². The van der Waals surface area contributed by atoms with Gasteiger partial charge in [0.05, 0.1) is 6.42 Å². The first kappa shape index (κ1) is 14.1. The lowest BCUT2D eigenvalue weighted by molar-refractivity contribution is -0.137. The molecule has 15 heavy (non-hydrogen) atoms. The van der Waals surface area contributed by atoms with E-state index in [0.29, 0.717) is 6.54 Å². The Kier molecular flexibility index (Phi) is 6.94. The molecule has 0 spiro atoms. The predicted octanol–water partition coefficient (Wildman–Crippen LogP) is 0.854. The van der Waals surface area contributed by atoms with Crippen LogP contribution in [0.4, 0.5) is 4.79 Å². The summed E-state index contributed by atoms with van der Waals surface area (Å²) in [5.74, 6) is -0.0356. The van der Waals surface area contributed by atoms with Gasteiger partial charge in [0, 0.05) is 25.4 Å². The average Bonchev–Trinajstić information content (AvgIpc) is 2.12. The van der Waals surface area contributed by atoms with Crippen molar-refractivity contribution < 1.29 is 14.7 Å². The van der Waals surface area contributed by atoms with Crippen LogP contribution in [0.25, 0.3) is 0 Å². The van der Waals surface area contributed by atoms with E-state index in [1.54, 1.807) is 30.6 Å². The summed E-state index contributed by atoms with van der Waals surface area (Å²) in [5, 5.41) is 11.1. The molecule has 0 aliphatic rings. The van der Waals surface area contributed by atoms with Crippen LogP contribution in [-0.4, -0.2) is 53.6 Å². The number of carboxylic acid groups (broad SMARTS) is 1. The van der Waals surface area contributed by atoms with Crippen molar-refractivity contribution in [3.8, 4) is 0 Å². The highest BCUT2D eigenvalue weighted by Gasteiger charge is 2.13. The Bertz CT molecular complexity index is 223. The fourth-order valence-corrected chi connectivity index (χ4v) is 1.42. The van der Waals surface area contributed by atoms with Crippen LogP contribution in [0.3, 0.4) is 0 Å². The van der Waals surface area contributed by atoms with Gasteiger partial charge in [-0.3, -0.25) is 4.79 Å². The van der Waals surface area contributed by atoms with Gasteiger partial charge in [-0.2, -0.15) is 11.8 Å². The minimum absolute atomic E-state index is 0.0535. The van der Waals surface area contributed by atoms with Gasteiger partial charge in [0.1, 0.15) is 0 Å². The largest absolute Gasteiger partial charge is 0.481 e. The maximum atomic E-state index is 11.5. The molecule has 0 aromatic rings. The summed E-state index contributed by atoms with van der Waals surface area (Å²) in [7, 11) is 1.69. The lowest BCUT2D eigenvalue weighted by atomic mass is 10.2. The van der Waals surface area contributed by atoms with Gasteiger partial charge >= 0.3 is 12.0 Å². The van der Waals surface area contributed by atoms with Gasteiger partial charge in [-0.05, 0) is 13.2 Å². The Morgan fingerprint density at radius 2 is 2.13 bits per heavy atom. The van der Waals surface area contributed by atoms with E-state index in [0.717, 1.165) is 5.75 Å². The molecule has 0 radical (unpaired) electrons. The highest BCUT2D eigenvalue weighted by Crippen LogP contribution is 1.96. The molecule has 2 N–H and O–H groups in total. The Hall–Kier alpha value is -0.910. The highest BCUT2D eigenvalue weighted by molar-refractivity contribution is 7.98. The molecule has 0 saturated heterocycles. The molecular formula is C9H18N2O3S. The van der Waals surface area contributed by atoms with Crippen molar-refractivity contribution in [1.29, 1.82) is 0 Å². The maximum Gasteiger partial charge on any atom is 0.317 e. The summed E-state index contributed by atoms with van der Waals surface area (Å²) in [5.41, 5.74) is 0. The van der Waals surface area contributed by atoms with Crippen LogP contribution in [0.5, 0.6) is 0 Å². The van der Waals surface area contributed by atoms with E-state index in [1.807, 2.05) is 6.26 Å². The van der Waals surface area contributed by atoms with Crippen molar-refractivity contribution in [2.45, 2.75) is 19.4 Å². The quantitative estimate of drug-likeness (QED) is 0.715. The number of hydrogen-bond donors (Lipinski definition) is 2. The van der Waals surface area contributed by atoms with E-state index < -0.39 is 5.97 Å². The zero-order valence-electron chi connectivity index (χ0n) is 9.32. The van der Waals surface area contributed by atoms with E-state index in [1.165, 1.54) is 0 Å². The van der Waals surface area contributed by atoms with Gasteiger partial charge in [0.25, 0.3) is 0 Å². The molecular weight excluding hydrogens is 216 g/mol. The third-order valence-corrected chi connectivity index (χ3v) is 2.42. The number of rotatable bonds is 6. The van der Waals surface area contributed by atoms with Crippen LogP contribution in [0.2, 0.25) is 0 Å². The Labute approximate surface area is 94.2 Å². The Balaban J connectivity index is 3.85. The second-order valence-corrected chi connectivity index (χ2v) is 4.35. The molecule has 0 heterocycles. The molecule has 6 heteroatoms. The summed E-state index contributed by atoms with van der Waals surface area (Å²) < 4.78 is 0. The summed E-state index contributed by atoms with van der Waals surface area (Å²) >= 11 is 1.66. The number of nitrogens with zero attached hydrogens (tertiary/aromatic N) is 1. The molecule has 1 atom stereocenters. The molecule has 0 fully saturated rings. The molecule has 88 valence electrons. The van der Waals surface area contributed by atoms with Crippen LogP contribution in [-0.2, 0) is 4.79 Å². The number of carbonyl (C=O) groups is 2. The lowest BCUT2D eigenvalue weighted by Crippen LogP contribution is -2.43. The summed E-state index contributed by atoms with van der Waals surface area (Å²) in [6.07, 6.45) is 1.92. The molecule has 5 nitrogen and oxygen atoms in total. The van der Waals surface area contributed by atoms with E-state index in [2.05, 4.69) is 5.32 Å². The minimum Gasteiger partial charge on any atom is -0.481 e. The van der Waals surface area contributed by atoms with Gasteiger partial charge in [-0.25, -0.2) is 4.79 Å². The number of carbonyl (C=O) groups excluding carboxylic acids is 1. The minimum atomic E-state index is -0.908. The molecule has 0 aromatic heterocycles. The zero-order chi connectivity index (χ0) is 11.8. The Morgan fingerprint density at radius 1 is 1.53 bits per heavy atom. The van der Waals surface area contributed by atoms with Gasteiger partial charge in [0.15, 0.2) is 0 Å². The van der Waals surface area contributed by atoms with Crippen LogP contribution in [0, 0.1) is 0 Å². The molecule has 0 bridgehead atoms. The third kappa shape index (κ3) is 7.07. The standard InChI is InChI=1S/C9H18N2O3S/c1-7(6-8(12)13)10-9(14)11(2)4-5-15-3/h7H,4-6H2,1-3H3,(H,10,14)(H,12,13). The molecule has 0 aromatic carbocycles. The number of urea groups is 1. The van der Waals surface area contributed by atoms with Gasteiger partial charge < -0.3 is 15.3 Å². The second-order valence-electron chi connectivity index (χ2n) is 3.36. The van der Waals surface area contributed by atoms with E-state index in [4.69, 9.17) is 5.11 Å². The first-order valence-corrected chi connectivity index (χ1v) is 6.09. The Morgan fingerprint density at radius 3 is 2.60 bits per heavy atom. The molecule has 0 saturated carbocycles. The SMILES string of the molecule is CSCCN(C)C(=O)NC(C)CC(=O)O. The van der Waals surface area contributed by atoms with Crippen molar-refractivity contribution in [2.24, 2.45) is 0 Å². The first-order chi connectivity index (χ1) is 6.97. The number of carboxylic acids is 1. The molecule has 1 unspecified atom stereocenters. The monoisotopic (exact) mass is 234 g/mol. The predicted molar refractivity (Wildman–Crippen MR) is 61.3 cm³/mol. The number of hydrogen-bond acceptors (Lipinski definition) is 3. The highest BCUT2D eigenvalue weighted by atomic mass is 32.2. The summed E-state index contributed by atoms with van der Waals surface area (Å²) in [4.78, 5) is 23.4. The van der Waals surface area contributed by atoms with Gasteiger partial charge in [-0.1, -0.05) is 0 Å². The van der Waals surface area contributed by atoms with Crippen LogP contribution in [0.1, 0.15) is 13.3 Å². The number of aliphatic carboxylic acids is 1. The van der Waals surface area contributed by atoms with Crippen molar-refractivity contribution in [3.63, 3.8) is 0 Å². The number of thioether (sulfide) groups is 1. The summed E-state index contributed by atoms with van der Waals surface area (Å²) in [6.45, 7) is 2.33. The van der Waals surface area contributed by atoms with E-state index in [9.17, 15) is 9.59 Å². The van der Waals surface area contributed by atoms with Crippen LogP contribution >= 0.6 is 11.8 Å². The van der Waals surface area contributed by atoms with Crippen molar-refractivity contribution in [3.05, 3.63) is 0 Å². The average molecular weight is 234 g/mol. The molecule has 0 rings (SSSR count). The number of nitrogens with one attached hydrogen (secondary N) is 1. The fraction of sp³-hybridized carbons (Fsp3) is 0.778. The molecule has 0 aliphatic carbocycles. The first-order valence-electron chi connectivity index (χ1n) is 4.69. The van der Waals surface area contributed by atoms with Gasteiger partial charge in [-0.15, -0.1) is 0 Å². The number of amides is 2. The lowest BCUT2D eigenvalue weighted by Gasteiger charge is -2.20. The zero-order valence-corrected chi connectivity index (χ0v) is 10.1. The molecule has 0 aliphatic heterocycles. The summed E-state index contributed by atoms with van der Waals surface area (Å²) in [6, 6.07) is -0.565. The third-order valence-electron chi connectivity index (χ3n) is 1.83. The van der Waals surface area contributed by atoms with Crippen molar-refractivity contribution >= 4 is 23.8 Å². The fourth-order valence-electron chi connectivity index (χ4n) is 0.964. The van der Waals surface area contributed by atoms with Crippen LogP contribution in [0.15, 0.2) is 0 Å². The smallest absolute Gasteiger partial charge is 0.317 e.